The number of rotatable bonds is 7. The van der Waals surface area contributed by atoms with Gasteiger partial charge in [0, 0.05) is 30.3 Å². The minimum Gasteiger partial charge on any atom is -0.379 e. The third-order valence-electron chi connectivity index (χ3n) is 4.12. The van der Waals surface area contributed by atoms with Crippen molar-refractivity contribution in [1.82, 2.24) is 9.62 Å². The molecule has 1 saturated heterocycles. The van der Waals surface area contributed by atoms with E-state index in [9.17, 15) is 13.2 Å². The van der Waals surface area contributed by atoms with Gasteiger partial charge < -0.3 is 10.1 Å². The van der Waals surface area contributed by atoms with E-state index in [0.29, 0.717) is 38.6 Å². The van der Waals surface area contributed by atoms with E-state index in [2.05, 4.69) is 5.32 Å². The first-order chi connectivity index (χ1) is 13.1. The molecule has 144 valence electrons. The lowest BCUT2D eigenvalue weighted by molar-refractivity contribution is 0.0730. The molecule has 1 fully saturated rings. The van der Waals surface area contributed by atoms with Gasteiger partial charge >= 0.3 is 0 Å². The van der Waals surface area contributed by atoms with Gasteiger partial charge in [-0.3, -0.25) is 4.79 Å². The highest BCUT2D eigenvalue weighted by Gasteiger charge is 2.29. The summed E-state index contributed by atoms with van der Waals surface area (Å²) in [6.07, 6.45) is 0. The zero-order chi connectivity index (χ0) is 19.1. The summed E-state index contributed by atoms with van der Waals surface area (Å²) in [5.74, 6) is 0.324. The first-order valence-electron chi connectivity index (χ1n) is 8.72. The topological polar surface area (TPSA) is 75.7 Å². The highest BCUT2D eigenvalue weighted by Crippen LogP contribution is 2.21. The Hall–Kier alpha value is -1.87. The Balaban J connectivity index is 1.65. The first kappa shape index (κ1) is 19.9. The molecule has 0 saturated carbocycles. The fourth-order valence-corrected chi connectivity index (χ4v) is 5.14. The van der Waals surface area contributed by atoms with E-state index in [-0.39, 0.29) is 16.4 Å². The molecule has 0 aromatic heterocycles. The summed E-state index contributed by atoms with van der Waals surface area (Å²) in [6, 6.07) is 16.2. The molecule has 1 heterocycles. The molecule has 0 bridgehead atoms. The largest absolute Gasteiger partial charge is 0.379 e. The minimum atomic E-state index is -3.72. The van der Waals surface area contributed by atoms with Gasteiger partial charge in [-0.15, -0.1) is 11.8 Å². The molecule has 8 heteroatoms. The Kier molecular flexibility index (Phi) is 6.89. The Bertz CT molecular complexity index is 866. The molecule has 6 nitrogen and oxygen atoms in total. The normalized spacial score (nSPS) is 15.4. The lowest BCUT2D eigenvalue weighted by Gasteiger charge is -2.26. The van der Waals surface area contributed by atoms with Crippen LogP contribution in [0.5, 0.6) is 0 Å². The number of amides is 1. The number of carbonyl (C=O) groups is 1. The number of hydrogen-bond acceptors (Lipinski definition) is 5. The summed E-state index contributed by atoms with van der Waals surface area (Å²) in [5.41, 5.74) is 0.175. The van der Waals surface area contributed by atoms with Crippen molar-refractivity contribution in [2.24, 2.45) is 0 Å². The van der Waals surface area contributed by atoms with Crippen LogP contribution in [-0.2, 0) is 14.8 Å². The van der Waals surface area contributed by atoms with Crippen LogP contribution in [0.25, 0.3) is 0 Å². The van der Waals surface area contributed by atoms with Gasteiger partial charge in [-0.2, -0.15) is 4.31 Å². The Labute approximate surface area is 164 Å². The molecule has 1 N–H and O–H groups in total. The molecule has 2 aromatic carbocycles. The molecule has 1 amide bonds. The SMILES string of the molecule is O=C(NCCSc1ccccc1)c1ccccc1S(=O)(=O)N1CCOCC1. The molecule has 0 aliphatic carbocycles. The Morgan fingerprint density at radius 3 is 2.44 bits per heavy atom. The molecule has 0 radical (unpaired) electrons. The van der Waals surface area contributed by atoms with Crippen molar-refractivity contribution >= 4 is 27.7 Å². The standard InChI is InChI=1S/C19H22N2O4S2/c22-19(20-10-15-26-16-6-2-1-3-7-16)17-8-4-5-9-18(17)27(23,24)21-11-13-25-14-12-21/h1-9H,10-15H2,(H,20,22). The van der Waals surface area contributed by atoms with Gasteiger partial charge in [0.15, 0.2) is 0 Å². The summed E-state index contributed by atoms with van der Waals surface area (Å²) in [6.45, 7) is 1.77. The minimum absolute atomic E-state index is 0.0418. The van der Waals surface area contributed by atoms with E-state index in [1.807, 2.05) is 30.3 Å². The molecule has 3 rings (SSSR count). The van der Waals surface area contributed by atoms with Crippen LogP contribution < -0.4 is 5.32 Å². The molecule has 0 atom stereocenters. The van der Waals surface area contributed by atoms with Gasteiger partial charge in [0.1, 0.15) is 0 Å². The Morgan fingerprint density at radius 1 is 1.04 bits per heavy atom. The molecule has 0 spiro atoms. The van der Waals surface area contributed by atoms with Crippen molar-refractivity contribution in [3.05, 3.63) is 60.2 Å². The average molecular weight is 407 g/mol. The van der Waals surface area contributed by atoms with Crippen LogP contribution in [0.15, 0.2) is 64.4 Å². The van der Waals surface area contributed by atoms with Crippen LogP contribution in [0, 0.1) is 0 Å². The number of sulfonamides is 1. The number of nitrogens with one attached hydrogen (secondary N) is 1. The van der Waals surface area contributed by atoms with Crippen molar-refractivity contribution in [3.63, 3.8) is 0 Å². The van der Waals surface area contributed by atoms with Gasteiger partial charge in [0.25, 0.3) is 5.91 Å². The van der Waals surface area contributed by atoms with E-state index in [0.717, 1.165) is 4.90 Å². The number of benzene rings is 2. The summed E-state index contributed by atoms with van der Waals surface area (Å²) in [5, 5.41) is 2.82. The maximum absolute atomic E-state index is 12.9. The maximum atomic E-state index is 12.9. The highest BCUT2D eigenvalue weighted by molar-refractivity contribution is 7.99. The van der Waals surface area contributed by atoms with Crippen LogP contribution in [-0.4, -0.2) is 57.2 Å². The lowest BCUT2D eigenvalue weighted by Crippen LogP contribution is -2.41. The van der Waals surface area contributed by atoms with Crippen LogP contribution in [0.3, 0.4) is 0 Å². The van der Waals surface area contributed by atoms with Crippen LogP contribution in [0.2, 0.25) is 0 Å². The van der Waals surface area contributed by atoms with Gasteiger partial charge in [-0.1, -0.05) is 30.3 Å². The summed E-state index contributed by atoms with van der Waals surface area (Å²) >= 11 is 1.63. The first-order valence-corrected chi connectivity index (χ1v) is 11.1. The van der Waals surface area contributed by atoms with Crippen molar-refractivity contribution in [2.75, 3.05) is 38.6 Å². The zero-order valence-electron chi connectivity index (χ0n) is 14.8. The van der Waals surface area contributed by atoms with Gasteiger partial charge in [0.2, 0.25) is 10.0 Å². The molecular formula is C19H22N2O4S2. The van der Waals surface area contributed by atoms with Crippen LogP contribution in [0.4, 0.5) is 0 Å². The van der Waals surface area contributed by atoms with E-state index >= 15 is 0 Å². The predicted octanol–water partition coefficient (Wildman–Crippen LogP) is 2.23. The van der Waals surface area contributed by atoms with Crippen molar-refractivity contribution in [1.29, 1.82) is 0 Å². The second kappa shape index (κ2) is 9.36. The second-order valence-electron chi connectivity index (χ2n) is 5.93. The van der Waals surface area contributed by atoms with E-state index in [4.69, 9.17) is 4.74 Å². The van der Waals surface area contributed by atoms with Crippen LogP contribution in [0.1, 0.15) is 10.4 Å². The van der Waals surface area contributed by atoms with Crippen molar-refractivity contribution in [3.8, 4) is 0 Å². The van der Waals surface area contributed by atoms with Crippen molar-refractivity contribution < 1.29 is 17.9 Å². The van der Waals surface area contributed by atoms with Gasteiger partial charge in [-0.25, -0.2) is 8.42 Å². The Morgan fingerprint density at radius 2 is 1.70 bits per heavy atom. The predicted molar refractivity (Wildman–Crippen MR) is 106 cm³/mol. The fourth-order valence-electron chi connectivity index (χ4n) is 2.75. The second-order valence-corrected chi connectivity index (χ2v) is 9.00. The van der Waals surface area contributed by atoms with Crippen LogP contribution >= 0.6 is 11.8 Å². The third-order valence-corrected chi connectivity index (χ3v) is 7.09. The zero-order valence-corrected chi connectivity index (χ0v) is 16.5. The number of hydrogen-bond donors (Lipinski definition) is 1. The number of ether oxygens (including phenoxy) is 1. The summed E-state index contributed by atoms with van der Waals surface area (Å²) < 4.78 is 32.4. The van der Waals surface area contributed by atoms with E-state index in [1.54, 1.807) is 30.0 Å². The van der Waals surface area contributed by atoms with E-state index < -0.39 is 10.0 Å². The van der Waals surface area contributed by atoms with Crippen molar-refractivity contribution in [2.45, 2.75) is 9.79 Å². The summed E-state index contributed by atoms with van der Waals surface area (Å²) in [7, 11) is -3.72. The highest BCUT2D eigenvalue weighted by atomic mass is 32.2. The molecule has 2 aromatic rings. The lowest BCUT2D eigenvalue weighted by atomic mass is 10.2. The molecule has 1 aliphatic heterocycles. The average Bonchev–Trinajstić information content (AvgIpc) is 2.72. The number of thioether (sulfide) groups is 1. The number of nitrogens with zero attached hydrogens (tertiary/aromatic N) is 1. The monoisotopic (exact) mass is 406 g/mol. The van der Waals surface area contributed by atoms with Gasteiger partial charge in [-0.05, 0) is 24.3 Å². The summed E-state index contributed by atoms with van der Waals surface area (Å²) in [4.78, 5) is 13.7. The molecule has 27 heavy (non-hydrogen) atoms. The van der Waals surface area contributed by atoms with Gasteiger partial charge in [0.05, 0.1) is 23.7 Å². The van der Waals surface area contributed by atoms with E-state index in [1.165, 1.54) is 10.4 Å². The quantitative estimate of drug-likeness (QED) is 0.564. The molecule has 1 aliphatic rings. The fraction of sp³-hybridized carbons (Fsp3) is 0.316. The smallest absolute Gasteiger partial charge is 0.252 e. The number of morpholine rings is 1. The maximum Gasteiger partial charge on any atom is 0.252 e. The third kappa shape index (κ3) is 5.10. The molecular weight excluding hydrogens is 384 g/mol. The molecule has 0 unspecified atom stereocenters. The number of carbonyl (C=O) groups excluding carboxylic acids is 1.